The van der Waals surface area contributed by atoms with Crippen molar-refractivity contribution in [1.29, 1.82) is 0 Å². The highest BCUT2D eigenvalue weighted by Gasteiger charge is 2.33. The highest BCUT2D eigenvalue weighted by molar-refractivity contribution is 14.1. The molecule has 0 bridgehead atoms. The van der Waals surface area contributed by atoms with Crippen molar-refractivity contribution in [1.82, 2.24) is 0 Å². The van der Waals surface area contributed by atoms with E-state index >= 15 is 0 Å². The van der Waals surface area contributed by atoms with Crippen LogP contribution in [0.4, 0.5) is 10.1 Å². The van der Waals surface area contributed by atoms with Crippen molar-refractivity contribution in [3.63, 3.8) is 0 Å². The topological polar surface area (TPSA) is 65.1 Å². The minimum atomic E-state index is -0.516. The molecule has 0 unspecified atom stereocenters. The molecule has 1 amide bonds. The molecule has 1 aliphatic rings. The Kier molecular flexibility index (Phi) is 7.32. The monoisotopic (exact) mass is 559 g/mol. The van der Waals surface area contributed by atoms with Gasteiger partial charge in [-0.3, -0.25) is 9.69 Å². The highest BCUT2D eigenvalue weighted by atomic mass is 127. The number of thioether (sulfide) groups is 1. The van der Waals surface area contributed by atoms with E-state index in [0.717, 1.165) is 11.8 Å². The Morgan fingerprint density at radius 2 is 2.07 bits per heavy atom. The molecule has 1 fully saturated rings. The van der Waals surface area contributed by atoms with Crippen molar-refractivity contribution in [2.24, 2.45) is 0 Å². The number of carbonyl (C=O) groups excluding carboxylic acids is 2. The molecule has 156 valence electrons. The van der Waals surface area contributed by atoms with Crippen LogP contribution in [0.2, 0.25) is 0 Å². The first kappa shape index (κ1) is 22.5. The predicted molar refractivity (Wildman–Crippen MR) is 125 cm³/mol. The van der Waals surface area contributed by atoms with E-state index in [1.807, 2.05) is 0 Å². The highest BCUT2D eigenvalue weighted by Crippen LogP contribution is 2.39. The third-order valence-electron chi connectivity index (χ3n) is 3.97. The van der Waals surface area contributed by atoms with Crippen LogP contribution in [0, 0.1) is 9.39 Å². The van der Waals surface area contributed by atoms with E-state index < -0.39 is 11.8 Å². The zero-order chi connectivity index (χ0) is 21.8. The van der Waals surface area contributed by atoms with Crippen molar-refractivity contribution >= 4 is 74.5 Å². The lowest BCUT2D eigenvalue weighted by molar-refractivity contribution is -0.142. The van der Waals surface area contributed by atoms with Crippen LogP contribution in [0.1, 0.15) is 5.56 Å². The van der Waals surface area contributed by atoms with Gasteiger partial charge in [0.1, 0.15) is 5.82 Å². The number of thiocarbonyl (C=S) groups is 1. The number of amides is 1. The molecule has 2 aromatic rings. The first-order valence-electron chi connectivity index (χ1n) is 8.44. The fourth-order valence-electron chi connectivity index (χ4n) is 2.61. The Morgan fingerprint density at radius 3 is 2.73 bits per heavy atom. The first-order valence-corrected chi connectivity index (χ1v) is 10.7. The van der Waals surface area contributed by atoms with Gasteiger partial charge in [0.05, 0.1) is 28.4 Å². The number of rotatable bonds is 6. The maximum atomic E-state index is 13.6. The van der Waals surface area contributed by atoms with Gasteiger partial charge < -0.3 is 14.2 Å². The van der Waals surface area contributed by atoms with Crippen LogP contribution in [0.5, 0.6) is 11.5 Å². The molecule has 0 N–H and O–H groups in total. The second kappa shape index (κ2) is 9.75. The summed E-state index contributed by atoms with van der Waals surface area (Å²) in [7, 11) is 2.75. The summed E-state index contributed by atoms with van der Waals surface area (Å²) in [5.74, 6) is -0.508. The first-order chi connectivity index (χ1) is 14.3. The van der Waals surface area contributed by atoms with Gasteiger partial charge in [0.25, 0.3) is 5.91 Å². The Morgan fingerprint density at radius 1 is 1.30 bits per heavy atom. The Hall–Kier alpha value is -2.18. The van der Waals surface area contributed by atoms with Crippen LogP contribution < -0.4 is 14.4 Å². The summed E-state index contributed by atoms with van der Waals surface area (Å²) < 4.78 is 30.0. The number of methoxy groups -OCH3 is 2. The van der Waals surface area contributed by atoms with Crippen LogP contribution >= 0.6 is 46.6 Å². The number of nitrogens with zero attached hydrogens (tertiary/aromatic N) is 1. The van der Waals surface area contributed by atoms with Crippen LogP contribution in [0.3, 0.4) is 0 Å². The minimum absolute atomic E-state index is 0.255. The van der Waals surface area contributed by atoms with Gasteiger partial charge in [-0.25, -0.2) is 9.18 Å². The summed E-state index contributed by atoms with van der Waals surface area (Å²) in [6.45, 7) is -0.255. The van der Waals surface area contributed by atoms with Crippen LogP contribution in [0.25, 0.3) is 6.08 Å². The maximum Gasteiger partial charge on any atom is 0.343 e. The standard InChI is InChI=1S/C20H15FINO5S2/c1-26-15-7-11(6-14(22)18(15)28-10-17(24)27-2)8-16-19(25)23(20(29)30-16)13-5-3-4-12(21)9-13/h3-9H,10H2,1-2H3/b16-8+. The number of carbonyl (C=O) groups is 2. The molecule has 1 saturated heterocycles. The molecule has 2 aromatic carbocycles. The molecule has 0 aromatic heterocycles. The van der Waals surface area contributed by atoms with Crippen LogP contribution in [-0.2, 0) is 14.3 Å². The number of halogens is 2. The SMILES string of the molecule is COC(=O)COc1c(I)cc(/C=C2/SC(=S)N(c3cccc(F)c3)C2=O)cc1OC. The fourth-order valence-corrected chi connectivity index (χ4v) is 4.69. The summed E-state index contributed by atoms with van der Waals surface area (Å²) in [4.78, 5) is 25.9. The summed E-state index contributed by atoms with van der Waals surface area (Å²) in [6.07, 6.45) is 1.67. The summed E-state index contributed by atoms with van der Waals surface area (Å²) in [5, 5.41) is 0. The van der Waals surface area contributed by atoms with E-state index in [-0.39, 0.29) is 12.5 Å². The number of hydrogen-bond donors (Lipinski definition) is 0. The molecular weight excluding hydrogens is 544 g/mol. The second-order valence-corrected chi connectivity index (χ2v) is 8.73. The zero-order valence-corrected chi connectivity index (χ0v) is 19.6. The van der Waals surface area contributed by atoms with E-state index in [1.54, 1.807) is 24.3 Å². The third kappa shape index (κ3) is 4.93. The lowest BCUT2D eigenvalue weighted by Crippen LogP contribution is -2.27. The van der Waals surface area contributed by atoms with Gasteiger partial charge in [-0.05, 0) is 64.6 Å². The van der Waals surface area contributed by atoms with Gasteiger partial charge in [0.2, 0.25) is 0 Å². The van der Waals surface area contributed by atoms with Gasteiger partial charge in [0, 0.05) is 0 Å². The number of esters is 1. The molecular formula is C20H15FINO5S2. The molecule has 0 atom stereocenters. The van der Waals surface area contributed by atoms with Crippen molar-refractivity contribution in [2.45, 2.75) is 0 Å². The predicted octanol–water partition coefficient (Wildman–Crippen LogP) is 4.40. The summed E-state index contributed by atoms with van der Waals surface area (Å²) in [6, 6.07) is 9.17. The summed E-state index contributed by atoms with van der Waals surface area (Å²) >= 11 is 8.50. The van der Waals surface area contributed by atoms with Crippen molar-refractivity contribution in [2.75, 3.05) is 25.7 Å². The van der Waals surface area contributed by atoms with Crippen molar-refractivity contribution in [3.05, 3.63) is 56.3 Å². The van der Waals surface area contributed by atoms with Gasteiger partial charge in [-0.1, -0.05) is 30.0 Å². The lowest BCUT2D eigenvalue weighted by atomic mass is 10.1. The molecule has 10 heteroatoms. The Labute approximate surface area is 195 Å². The van der Waals surface area contributed by atoms with Gasteiger partial charge in [0.15, 0.2) is 22.4 Å². The molecule has 0 spiro atoms. The molecule has 30 heavy (non-hydrogen) atoms. The van der Waals surface area contributed by atoms with E-state index in [9.17, 15) is 14.0 Å². The number of benzene rings is 2. The summed E-state index contributed by atoms with van der Waals surface area (Å²) in [5.41, 5.74) is 1.06. The lowest BCUT2D eigenvalue weighted by Gasteiger charge is -2.14. The van der Waals surface area contributed by atoms with E-state index in [4.69, 9.17) is 21.7 Å². The quantitative estimate of drug-likeness (QED) is 0.225. The molecule has 3 rings (SSSR count). The molecule has 6 nitrogen and oxygen atoms in total. The smallest absolute Gasteiger partial charge is 0.343 e. The van der Waals surface area contributed by atoms with Crippen molar-refractivity contribution < 1.29 is 28.2 Å². The van der Waals surface area contributed by atoms with E-state index in [1.165, 1.54) is 37.3 Å². The Bertz CT molecular complexity index is 1060. The van der Waals surface area contributed by atoms with Crippen LogP contribution in [-0.4, -0.2) is 37.0 Å². The molecule has 0 saturated carbocycles. The Balaban J connectivity index is 1.89. The normalized spacial score (nSPS) is 14.9. The molecule has 0 aliphatic carbocycles. The molecule has 1 aliphatic heterocycles. The molecule has 1 heterocycles. The second-order valence-electron chi connectivity index (χ2n) is 5.90. The van der Waals surface area contributed by atoms with Gasteiger partial charge in [-0.2, -0.15) is 0 Å². The fraction of sp³-hybridized carbons (Fsp3) is 0.150. The number of hydrogen-bond acceptors (Lipinski definition) is 7. The van der Waals surface area contributed by atoms with Gasteiger partial charge in [-0.15, -0.1) is 0 Å². The average Bonchev–Trinajstić information content (AvgIpc) is 2.99. The number of ether oxygens (including phenoxy) is 3. The van der Waals surface area contributed by atoms with E-state index in [2.05, 4.69) is 27.3 Å². The average molecular weight is 559 g/mol. The third-order valence-corrected chi connectivity index (χ3v) is 6.08. The number of anilines is 1. The largest absolute Gasteiger partial charge is 0.493 e. The van der Waals surface area contributed by atoms with Crippen molar-refractivity contribution in [3.8, 4) is 11.5 Å². The van der Waals surface area contributed by atoms with Crippen LogP contribution in [0.15, 0.2) is 41.3 Å². The molecule has 0 radical (unpaired) electrons. The maximum absolute atomic E-state index is 13.6. The van der Waals surface area contributed by atoms with E-state index in [0.29, 0.717) is 35.5 Å². The zero-order valence-electron chi connectivity index (χ0n) is 15.8. The van der Waals surface area contributed by atoms with Gasteiger partial charge >= 0.3 is 5.97 Å². The minimum Gasteiger partial charge on any atom is -0.493 e.